The lowest BCUT2D eigenvalue weighted by molar-refractivity contribution is 0.103. The van der Waals surface area contributed by atoms with Crippen LogP contribution in [-0.2, 0) is 0 Å². The maximum atomic E-state index is 11.8. The Morgan fingerprint density at radius 2 is 2.24 bits per heavy atom. The van der Waals surface area contributed by atoms with Crippen LogP contribution in [-0.4, -0.2) is 13.0 Å². The Morgan fingerprint density at radius 3 is 2.88 bits per heavy atom. The maximum Gasteiger partial charge on any atom is 0.265 e. The molecule has 0 aliphatic heterocycles. The third-order valence-corrected chi connectivity index (χ3v) is 3.36. The zero-order valence-corrected chi connectivity index (χ0v) is 10.6. The lowest BCUT2D eigenvalue weighted by atomic mass is 10.3. The van der Waals surface area contributed by atoms with E-state index in [1.807, 2.05) is 11.4 Å². The van der Waals surface area contributed by atoms with E-state index in [4.69, 9.17) is 16.3 Å². The minimum Gasteiger partial charge on any atom is -0.497 e. The average Bonchev–Trinajstić information content (AvgIpc) is 2.85. The van der Waals surface area contributed by atoms with Crippen molar-refractivity contribution in [2.45, 2.75) is 0 Å². The van der Waals surface area contributed by atoms with Gasteiger partial charge in [-0.05, 0) is 23.6 Å². The number of amides is 1. The van der Waals surface area contributed by atoms with Crippen LogP contribution in [0.1, 0.15) is 9.67 Å². The van der Waals surface area contributed by atoms with Gasteiger partial charge in [-0.15, -0.1) is 11.3 Å². The Morgan fingerprint density at radius 1 is 1.41 bits per heavy atom. The smallest absolute Gasteiger partial charge is 0.265 e. The second-order valence-electron chi connectivity index (χ2n) is 3.28. The van der Waals surface area contributed by atoms with Crippen molar-refractivity contribution in [3.8, 4) is 5.75 Å². The summed E-state index contributed by atoms with van der Waals surface area (Å²) in [5, 5.41) is 5.08. The molecule has 17 heavy (non-hydrogen) atoms. The molecule has 2 rings (SSSR count). The molecule has 3 nitrogen and oxygen atoms in total. The van der Waals surface area contributed by atoms with Gasteiger partial charge in [0.2, 0.25) is 0 Å². The summed E-state index contributed by atoms with van der Waals surface area (Å²) in [6, 6.07) is 8.70. The van der Waals surface area contributed by atoms with E-state index in [1.54, 1.807) is 31.4 Å². The fourth-order valence-corrected chi connectivity index (χ4v) is 2.10. The third-order valence-electron chi connectivity index (χ3n) is 2.17. The summed E-state index contributed by atoms with van der Waals surface area (Å²) in [4.78, 5) is 12.5. The van der Waals surface area contributed by atoms with Crippen molar-refractivity contribution < 1.29 is 9.53 Å². The van der Waals surface area contributed by atoms with E-state index in [0.29, 0.717) is 21.3 Å². The van der Waals surface area contributed by atoms with Crippen molar-refractivity contribution in [2.24, 2.45) is 0 Å². The predicted molar refractivity (Wildman–Crippen MR) is 70.3 cm³/mol. The van der Waals surface area contributed by atoms with E-state index >= 15 is 0 Å². The van der Waals surface area contributed by atoms with Crippen LogP contribution in [0.25, 0.3) is 0 Å². The second-order valence-corrected chi connectivity index (χ2v) is 4.63. The van der Waals surface area contributed by atoms with Crippen LogP contribution in [0.2, 0.25) is 5.02 Å². The number of carbonyl (C=O) groups is 1. The number of hydrogen-bond acceptors (Lipinski definition) is 3. The number of thiophene rings is 1. The summed E-state index contributed by atoms with van der Waals surface area (Å²) in [6.07, 6.45) is 0. The highest BCUT2D eigenvalue weighted by Gasteiger charge is 2.09. The van der Waals surface area contributed by atoms with Gasteiger partial charge in [0.05, 0.1) is 22.7 Å². The number of halogens is 1. The summed E-state index contributed by atoms with van der Waals surface area (Å²) in [5.41, 5.74) is 0.546. The van der Waals surface area contributed by atoms with Gasteiger partial charge in [0.25, 0.3) is 5.91 Å². The van der Waals surface area contributed by atoms with Crippen LogP contribution >= 0.6 is 22.9 Å². The molecule has 0 aliphatic carbocycles. The van der Waals surface area contributed by atoms with Gasteiger partial charge in [-0.1, -0.05) is 17.7 Å². The van der Waals surface area contributed by atoms with Crippen LogP contribution in [0, 0.1) is 0 Å². The van der Waals surface area contributed by atoms with Gasteiger partial charge in [-0.25, -0.2) is 0 Å². The SMILES string of the molecule is COc1ccc(Cl)c(NC(=O)c2cccs2)c1. The monoisotopic (exact) mass is 267 g/mol. The van der Waals surface area contributed by atoms with Crippen LogP contribution in [0.15, 0.2) is 35.7 Å². The largest absolute Gasteiger partial charge is 0.497 e. The lowest BCUT2D eigenvalue weighted by Crippen LogP contribution is -2.10. The number of anilines is 1. The number of nitrogens with one attached hydrogen (secondary N) is 1. The zero-order chi connectivity index (χ0) is 12.3. The molecule has 88 valence electrons. The maximum absolute atomic E-state index is 11.8. The van der Waals surface area contributed by atoms with Gasteiger partial charge in [0.1, 0.15) is 5.75 Å². The van der Waals surface area contributed by atoms with Crippen molar-refractivity contribution in [3.63, 3.8) is 0 Å². The Hall–Kier alpha value is -1.52. The van der Waals surface area contributed by atoms with Crippen LogP contribution in [0.5, 0.6) is 5.75 Å². The first-order valence-electron chi connectivity index (χ1n) is 4.89. The highest BCUT2D eigenvalue weighted by molar-refractivity contribution is 7.12. The van der Waals surface area contributed by atoms with E-state index in [-0.39, 0.29) is 5.91 Å². The number of hydrogen-bond donors (Lipinski definition) is 1. The summed E-state index contributed by atoms with van der Waals surface area (Å²) < 4.78 is 5.07. The molecule has 0 aliphatic rings. The fraction of sp³-hybridized carbons (Fsp3) is 0.0833. The molecule has 1 heterocycles. The first-order valence-corrected chi connectivity index (χ1v) is 6.15. The molecule has 0 atom stereocenters. The quantitative estimate of drug-likeness (QED) is 0.922. The Kier molecular flexibility index (Phi) is 3.66. The molecular weight excluding hydrogens is 258 g/mol. The molecule has 2 aromatic rings. The third kappa shape index (κ3) is 2.78. The Bertz CT molecular complexity index is 525. The minimum atomic E-state index is -0.171. The number of methoxy groups -OCH3 is 1. The first-order chi connectivity index (χ1) is 8.20. The topological polar surface area (TPSA) is 38.3 Å². The lowest BCUT2D eigenvalue weighted by Gasteiger charge is -2.08. The number of ether oxygens (including phenoxy) is 1. The van der Waals surface area contributed by atoms with Gasteiger partial charge >= 0.3 is 0 Å². The van der Waals surface area contributed by atoms with E-state index in [0.717, 1.165) is 0 Å². The van der Waals surface area contributed by atoms with Gasteiger partial charge in [-0.3, -0.25) is 4.79 Å². The van der Waals surface area contributed by atoms with Crippen LogP contribution in [0.3, 0.4) is 0 Å². The summed E-state index contributed by atoms with van der Waals surface area (Å²) in [7, 11) is 1.56. The highest BCUT2D eigenvalue weighted by Crippen LogP contribution is 2.27. The van der Waals surface area contributed by atoms with Crippen molar-refractivity contribution in [1.82, 2.24) is 0 Å². The van der Waals surface area contributed by atoms with Crippen molar-refractivity contribution in [3.05, 3.63) is 45.6 Å². The van der Waals surface area contributed by atoms with E-state index < -0.39 is 0 Å². The molecule has 1 aromatic carbocycles. The van der Waals surface area contributed by atoms with Gasteiger partial charge in [-0.2, -0.15) is 0 Å². The molecule has 0 bridgehead atoms. The number of benzene rings is 1. The summed E-state index contributed by atoms with van der Waals surface area (Å²) in [5.74, 6) is 0.478. The van der Waals surface area contributed by atoms with E-state index in [1.165, 1.54) is 11.3 Å². The van der Waals surface area contributed by atoms with Crippen molar-refractivity contribution in [1.29, 1.82) is 0 Å². The highest BCUT2D eigenvalue weighted by atomic mass is 35.5. The Balaban J connectivity index is 2.21. The van der Waals surface area contributed by atoms with Crippen molar-refractivity contribution >= 4 is 34.5 Å². The van der Waals surface area contributed by atoms with Gasteiger partial charge < -0.3 is 10.1 Å². The average molecular weight is 268 g/mol. The molecule has 0 radical (unpaired) electrons. The standard InChI is InChI=1S/C12H10ClNO2S/c1-16-8-4-5-9(13)10(7-8)14-12(15)11-3-2-6-17-11/h2-7H,1H3,(H,14,15). The normalized spacial score (nSPS) is 10.0. The van der Waals surface area contributed by atoms with Crippen LogP contribution in [0.4, 0.5) is 5.69 Å². The van der Waals surface area contributed by atoms with Gasteiger partial charge in [0, 0.05) is 6.07 Å². The van der Waals surface area contributed by atoms with Gasteiger partial charge in [0.15, 0.2) is 0 Å². The molecule has 0 saturated heterocycles. The summed E-state index contributed by atoms with van der Waals surface area (Å²) in [6.45, 7) is 0. The fourth-order valence-electron chi connectivity index (χ4n) is 1.32. The molecule has 1 N–H and O–H groups in total. The molecule has 0 spiro atoms. The molecule has 0 fully saturated rings. The molecule has 5 heteroatoms. The number of rotatable bonds is 3. The minimum absolute atomic E-state index is 0.171. The Labute approximate surface area is 108 Å². The molecule has 0 saturated carbocycles. The second kappa shape index (κ2) is 5.21. The van der Waals surface area contributed by atoms with E-state index in [9.17, 15) is 4.79 Å². The van der Waals surface area contributed by atoms with Crippen molar-refractivity contribution in [2.75, 3.05) is 12.4 Å². The molecule has 0 unspecified atom stereocenters. The zero-order valence-electron chi connectivity index (χ0n) is 9.07. The molecule has 1 amide bonds. The molecule has 1 aromatic heterocycles. The summed E-state index contributed by atoms with van der Waals surface area (Å²) >= 11 is 7.37. The predicted octanol–water partition coefficient (Wildman–Crippen LogP) is 3.66. The first kappa shape index (κ1) is 12.0. The van der Waals surface area contributed by atoms with E-state index in [2.05, 4.69) is 5.32 Å². The van der Waals surface area contributed by atoms with Crippen LogP contribution < -0.4 is 10.1 Å². The molecular formula is C12H10ClNO2S. The number of carbonyl (C=O) groups excluding carboxylic acids is 1.